The van der Waals surface area contributed by atoms with Crippen LogP contribution in [-0.4, -0.2) is 62.1 Å². The standard InChI is InChI=1S/C29H30ClN5O6S/c1-5-39-26(37)25-24-15(11-31-25)22(23-18(32-24)12-35(13-19(23)36)28(38)41-29(2,3)4)20-8-9-21(40-20)42-27-33-16-7-6-14(30)10-17(16)34-27/h6-11,22,26,31-32,37H,5,12-13H2,1-4H3,(H,33,34). The summed E-state index contributed by atoms with van der Waals surface area (Å²) in [5.74, 6) is -0.298. The number of ketones is 1. The molecule has 4 aromatic rings. The lowest BCUT2D eigenvalue weighted by Gasteiger charge is -2.37. The van der Waals surface area contributed by atoms with E-state index < -0.39 is 23.9 Å². The third kappa shape index (κ3) is 5.42. The molecule has 0 fully saturated rings. The Hall–Kier alpha value is -3.71. The predicted molar refractivity (Wildman–Crippen MR) is 157 cm³/mol. The number of furan rings is 1. The van der Waals surface area contributed by atoms with Crippen molar-refractivity contribution < 1.29 is 28.6 Å². The van der Waals surface area contributed by atoms with Crippen molar-refractivity contribution in [3.8, 4) is 0 Å². The molecule has 4 N–H and O–H groups in total. The van der Waals surface area contributed by atoms with Crippen LogP contribution < -0.4 is 5.32 Å². The Morgan fingerprint density at radius 3 is 2.86 bits per heavy atom. The number of fused-ring (bicyclic) bond motifs is 2. The van der Waals surface area contributed by atoms with E-state index in [1.54, 1.807) is 40.0 Å². The second-order valence-corrected chi connectivity index (χ2v) is 12.4. The molecule has 0 saturated heterocycles. The molecule has 1 aromatic carbocycles. The number of hydrogen-bond donors (Lipinski definition) is 4. The van der Waals surface area contributed by atoms with E-state index in [9.17, 15) is 14.7 Å². The number of rotatable bonds is 6. The SMILES string of the molecule is CCOC(O)c1[nH]cc2c1NC1=C(C(=O)CN(C(=O)OC(C)(C)C)C1)C2c1ccc(Sc2nc3ccc(Cl)cc3[nH]2)o1. The fourth-order valence-electron chi connectivity index (χ4n) is 5.16. The molecule has 220 valence electrons. The molecule has 2 aliphatic rings. The van der Waals surface area contributed by atoms with Crippen LogP contribution in [0.4, 0.5) is 10.5 Å². The molecule has 0 spiro atoms. The highest BCUT2D eigenvalue weighted by Crippen LogP contribution is 2.47. The lowest BCUT2D eigenvalue weighted by atomic mass is 9.81. The van der Waals surface area contributed by atoms with Crippen molar-refractivity contribution in [3.05, 3.63) is 69.8 Å². The first-order valence-electron chi connectivity index (χ1n) is 13.5. The zero-order chi connectivity index (χ0) is 29.8. The number of aliphatic hydroxyl groups excluding tert-OH is 1. The van der Waals surface area contributed by atoms with E-state index in [0.29, 0.717) is 55.9 Å². The van der Waals surface area contributed by atoms with Crippen molar-refractivity contribution >= 4 is 52.0 Å². The average molecular weight is 612 g/mol. The van der Waals surface area contributed by atoms with Gasteiger partial charge in [-0.05, 0) is 69.8 Å². The Morgan fingerprint density at radius 2 is 2.10 bits per heavy atom. The Bertz CT molecular complexity index is 1720. The lowest BCUT2D eigenvalue weighted by molar-refractivity contribution is -0.117. The summed E-state index contributed by atoms with van der Waals surface area (Å²) in [4.78, 5) is 38.9. The van der Waals surface area contributed by atoms with Crippen LogP contribution in [0.3, 0.4) is 0 Å². The van der Waals surface area contributed by atoms with Crippen molar-refractivity contribution in [2.45, 2.75) is 55.8 Å². The highest BCUT2D eigenvalue weighted by atomic mass is 35.5. The van der Waals surface area contributed by atoms with E-state index >= 15 is 0 Å². The van der Waals surface area contributed by atoms with Crippen LogP contribution in [0.2, 0.25) is 5.02 Å². The van der Waals surface area contributed by atoms with Gasteiger partial charge in [0.1, 0.15) is 11.4 Å². The summed E-state index contributed by atoms with van der Waals surface area (Å²) in [6, 6.07) is 9.08. The van der Waals surface area contributed by atoms with Gasteiger partial charge in [-0.25, -0.2) is 9.78 Å². The number of aliphatic hydroxyl groups is 1. The second-order valence-electron chi connectivity index (χ2n) is 11.0. The number of anilines is 1. The largest absolute Gasteiger partial charge is 0.453 e. The number of H-pyrrole nitrogens is 2. The number of aromatic amines is 2. The van der Waals surface area contributed by atoms with Gasteiger partial charge in [-0.2, -0.15) is 0 Å². The van der Waals surface area contributed by atoms with Crippen molar-refractivity contribution in [2.24, 2.45) is 0 Å². The number of amides is 1. The zero-order valence-electron chi connectivity index (χ0n) is 23.4. The summed E-state index contributed by atoms with van der Waals surface area (Å²) < 4.78 is 17.3. The van der Waals surface area contributed by atoms with Gasteiger partial charge in [-0.3, -0.25) is 9.69 Å². The van der Waals surface area contributed by atoms with E-state index in [2.05, 4.69) is 20.3 Å². The molecule has 1 amide bonds. The quantitative estimate of drug-likeness (QED) is 0.194. The lowest BCUT2D eigenvalue weighted by Crippen LogP contribution is -2.47. The van der Waals surface area contributed by atoms with E-state index in [0.717, 1.165) is 11.0 Å². The summed E-state index contributed by atoms with van der Waals surface area (Å²) in [7, 11) is 0. The van der Waals surface area contributed by atoms with E-state index in [1.165, 1.54) is 16.7 Å². The molecular formula is C29H30ClN5O6S. The van der Waals surface area contributed by atoms with Gasteiger partial charge in [0.2, 0.25) is 0 Å². The Labute approximate surface area is 250 Å². The molecule has 3 aromatic heterocycles. The summed E-state index contributed by atoms with van der Waals surface area (Å²) in [5, 5.41) is 15.8. The number of imidazole rings is 1. The average Bonchev–Trinajstić information content (AvgIpc) is 3.64. The smallest absolute Gasteiger partial charge is 0.411 e. The molecule has 0 bridgehead atoms. The molecule has 0 aliphatic carbocycles. The maximum atomic E-state index is 13.7. The minimum Gasteiger partial charge on any atom is -0.453 e. The molecule has 0 saturated carbocycles. The van der Waals surface area contributed by atoms with Crippen LogP contribution in [0.1, 0.15) is 56.9 Å². The number of aromatic nitrogens is 3. The van der Waals surface area contributed by atoms with Gasteiger partial charge in [0.15, 0.2) is 22.3 Å². The van der Waals surface area contributed by atoms with E-state index in [1.807, 2.05) is 24.3 Å². The van der Waals surface area contributed by atoms with Crippen LogP contribution >= 0.6 is 23.4 Å². The normalized spacial score (nSPS) is 17.7. The zero-order valence-corrected chi connectivity index (χ0v) is 25.0. The van der Waals surface area contributed by atoms with Crippen molar-refractivity contribution in [3.63, 3.8) is 0 Å². The van der Waals surface area contributed by atoms with Crippen LogP contribution in [-0.2, 0) is 14.3 Å². The topological polar surface area (TPSA) is 146 Å². The molecule has 13 heteroatoms. The van der Waals surface area contributed by atoms with Gasteiger partial charge >= 0.3 is 6.09 Å². The maximum Gasteiger partial charge on any atom is 0.411 e. The molecule has 2 aliphatic heterocycles. The number of carbonyl (C=O) groups is 2. The minimum absolute atomic E-state index is 0.116. The number of halogens is 1. The third-order valence-electron chi connectivity index (χ3n) is 6.86. The molecule has 2 atom stereocenters. The number of nitrogens with zero attached hydrogens (tertiary/aromatic N) is 2. The van der Waals surface area contributed by atoms with Crippen LogP contribution in [0.15, 0.2) is 62.5 Å². The Morgan fingerprint density at radius 1 is 1.29 bits per heavy atom. The van der Waals surface area contributed by atoms with Gasteiger partial charge in [-0.1, -0.05) is 11.6 Å². The molecule has 0 radical (unpaired) electrons. The fourth-order valence-corrected chi connectivity index (χ4v) is 6.10. The molecule has 2 unspecified atom stereocenters. The predicted octanol–water partition coefficient (Wildman–Crippen LogP) is 5.95. The summed E-state index contributed by atoms with van der Waals surface area (Å²) in [5.41, 5.74) is 3.58. The maximum absolute atomic E-state index is 13.7. The van der Waals surface area contributed by atoms with Gasteiger partial charge in [0, 0.05) is 34.7 Å². The minimum atomic E-state index is -1.22. The van der Waals surface area contributed by atoms with Crippen molar-refractivity contribution in [1.82, 2.24) is 19.9 Å². The number of Topliss-reactive ketones (excluding diaryl/α,β-unsaturated/α-hetero) is 1. The highest BCUT2D eigenvalue weighted by molar-refractivity contribution is 7.99. The van der Waals surface area contributed by atoms with E-state index in [4.69, 9.17) is 25.5 Å². The molecular weight excluding hydrogens is 582 g/mol. The number of benzene rings is 1. The van der Waals surface area contributed by atoms with Gasteiger partial charge in [0.05, 0.1) is 41.4 Å². The number of carbonyl (C=O) groups excluding carboxylic acids is 2. The first kappa shape index (κ1) is 28.4. The first-order valence-corrected chi connectivity index (χ1v) is 14.6. The monoisotopic (exact) mass is 611 g/mol. The van der Waals surface area contributed by atoms with Gasteiger partial charge < -0.3 is 34.3 Å². The number of hydrogen-bond acceptors (Lipinski definition) is 9. The third-order valence-corrected chi connectivity index (χ3v) is 7.90. The number of nitrogens with one attached hydrogen (secondary N) is 3. The fraction of sp³-hybridized carbons (Fsp3) is 0.345. The van der Waals surface area contributed by atoms with Gasteiger partial charge in [0.25, 0.3) is 0 Å². The van der Waals surface area contributed by atoms with E-state index in [-0.39, 0.29) is 18.9 Å². The molecule has 11 nitrogen and oxygen atoms in total. The highest BCUT2D eigenvalue weighted by Gasteiger charge is 2.42. The molecule has 5 heterocycles. The van der Waals surface area contributed by atoms with Crippen LogP contribution in [0.5, 0.6) is 0 Å². The van der Waals surface area contributed by atoms with Gasteiger partial charge in [-0.15, -0.1) is 0 Å². The van der Waals surface area contributed by atoms with Crippen LogP contribution in [0, 0.1) is 0 Å². The molecule has 6 rings (SSSR count). The number of ether oxygens (including phenoxy) is 2. The Balaban J connectivity index is 1.36. The molecule has 42 heavy (non-hydrogen) atoms. The first-order chi connectivity index (χ1) is 20.0. The summed E-state index contributed by atoms with van der Waals surface area (Å²) in [6.45, 7) is 7.38. The summed E-state index contributed by atoms with van der Waals surface area (Å²) >= 11 is 7.43. The van der Waals surface area contributed by atoms with Crippen molar-refractivity contribution in [2.75, 3.05) is 25.0 Å². The summed E-state index contributed by atoms with van der Waals surface area (Å²) in [6.07, 6.45) is -0.0705. The van der Waals surface area contributed by atoms with Crippen LogP contribution in [0.25, 0.3) is 11.0 Å². The second kappa shape index (κ2) is 10.8. The van der Waals surface area contributed by atoms with Crippen molar-refractivity contribution in [1.29, 1.82) is 0 Å². The Kier molecular flexibility index (Phi) is 7.34.